The van der Waals surface area contributed by atoms with E-state index in [2.05, 4.69) is 5.32 Å². The lowest BCUT2D eigenvalue weighted by Gasteiger charge is -2.09. The molecule has 6 heteroatoms. The molecule has 1 heterocycles. The number of carbonyl (C=O) groups is 1. The first-order valence-corrected chi connectivity index (χ1v) is 8.54. The summed E-state index contributed by atoms with van der Waals surface area (Å²) in [4.78, 5) is 24.3. The molecular formula is C21H18F2N2O2. The molecule has 0 atom stereocenters. The van der Waals surface area contributed by atoms with Crippen molar-refractivity contribution in [2.45, 2.75) is 12.8 Å². The van der Waals surface area contributed by atoms with E-state index in [-0.39, 0.29) is 17.3 Å². The van der Waals surface area contributed by atoms with Crippen LogP contribution in [0, 0.1) is 11.6 Å². The van der Waals surface area contributed by atoms with Crippen LogP contribution < -0.4 is 10.9 Å². The first kappa shape index (κ1) is 18.5. The number of pyridine rings is 1. The average Bonchev–Trinajstić information content (AvgIpc) is 2.67. The minimum absolute atomic E-state index is 0.275. The number of amides is 1. The molecule has 0 aliphatic heterocycles. The highest BCUT2D eigenvalue weighted by atomic mass is 19.1. The zero-order valence-corrected chi connectivity index (χ0v) is 14.5. The number of hydrogen-bond acceptors (Lipinski definition) is 2. The zero-order valence-electron chi connectivity index (χ0n) is 14.5. The van der Waals surface area contributed by atoms with Gasteiger partial charge in [-0.2, -0.15) is 0 Å². The Kier molecular flexibility index (Phi) is 5.76. The summed E-state index contributed by atoms with van der Waals surface area (Å²) >= 11 is 0. The van der Waals surface area contributed by atoms with Crippen LogP contribution in [0.15, 0.2) is 71.7 Å². The number of halogens is 2. The number of benzene rings is 2. The van der Waals surface area contributed by atoms with Gasteiger partial charge in [-0.15, -0.1) is 0 Å². The summed E-state index contributed by atoms with van der Waals surface area (Å²) < 4.78 is 27.2. The van der Waals surface area contributed by atoms with E-state index in [1.54, 1.807) is 12.1 Å². The van der Waals surface area contributed by atoms with Crippen LogP contribution in [-0.2, 0) is 6.42 Å². The van der Waals surface area contributed by atoms with Crippen LogP contribution >= 0.6 is 0 Å². The Labute approximate surface area is 155 Å². The van der Waals surface area contributed by atoms with Crippen molar-refractivity contribution >= 4 is 5.91 Å². The molecule has 27 heavy (non-hydrogen) atoms. The van der Waals surface area contributed by atoms with Gasteiger partial charge in [0.15, 0.2) is 0 Å². The fraction of sp³-hybridized carbons (Fsp3) is 0.143. The van der Waals surface area contributed by atoms with Gasteiger partial charge in [-0.3, -0.25) is 14.2 Å². The molecule has 1 N–H and O–H groups in total. The van der Waals surface area contributed by atoms with Crippen LogP contribution in [-0.4, -0.2) is 17.0 Å². The molecule has 0 unspecified atom stereocenters. The highest BCUT2D eigenvalue weighted by Gasteiger charge is 2.08. The summed E-state index contributed by atoms with van der Waals surface area (Å²) in [6.45, 7) is 0.450. The number of nitrogens with zero attached hydrogens (tertiary/aromatic N) is 1. The standard InChI is InChI=1S/C21H18F2N2O2/c22-17-6-3-15(4-7-17)2-1-13-24-21(27)16-5-12-20(26)25(14-16)19-10-8-18(23)9-11-19/h3-12,14H,1-2,13H2,(H,24,27). The second-order valence-electron chi connectivity index (χ2n) is 6.09. The molecule has 3 rings (SSSR count). The third kappa shape index (κ3) is 4.88. The predicted molar refractivity (Wildman–Crippen MR) is 99.1 cm³/mol. The average molecular weight is 368 g/mol. The number of hydrogen-bond donors (Lipinski definition) is 1. The quantitative estimate of drug-likeness (QED) is 0.678. The van der Waals surface area contributed by atoms with Gasteiger partial charge in [-0.25, -0.2) is 8.78 Å². The van der Waals surface area contributed by atoms with E-state index >= 15 is 0 Å². The highest BCUT2D eigenvalue weighted by Crippen LogP contribution is 2.08. The fourth-order valence-electron chi connectivity index (χ4n) is 2.67. The van der Waals surface area contributed by atoms with Crippen molar-refractivity contribution in [2.24, 2.45) is 0 Å². The van der Waals surface area contributed by atoms with Crippen molar-refractivity contribution < 1.29 is 13.6 Å². The predicted octanol–water partition coefficient (Wildman–Crippen LogP) is 3.48. The molecule has 0 aliphatic carbocycles. The van der Waals surface area contributed by atoms with Gasteiger partial charge in [0.25, 0.3) is 11.5 Å². The molecule has 3 aromatic rings. The van der Waals surface area contributed by atoms with Crippen LogP contribution in [0.2, 0.25) is 0 Å². The minimum Gasteiger partial charge on any atom is -0.352 e. The van der Waals surface area contributed by atoms with Gasteiger partial charge in [0, 0.05) is 24.5 Å². The summed E-state index contributed by atoms with van der Waals surface area (Å²) in [5, 5.41) is 2.80. The van der Waals surface area contributed by atoms with Crippen LogP contribution in [0.5, 0.6) is 0 Å². The third-order valence-corrected chi connectivity index (χ3v) is 4.12. The Morgan fingerprint density at radius 3 is 2.19 bits per heavy atom. The first-order valence-electron chi connectivity index (χ1n) is 8.54. The van der Waals surface area contributed by atoms with E-state index in [4.69, 9.17) is 0 Å². The summed E-state index contributed by atoms with van der Waals surface area (Å²) in [5.74, 6) is -0.977. The fourth-order valence-corrected chi connectivity index (χ4v) is 2.67. The summed E-state index contributed by atoms with van der Waals surface area (Å²) in [5.41, 5.74) is 1.50. The largest absolute Gasteiger partial charge is 0.352 e. The molecule has 0 spiro atoms. The maximum atomic E-state index is 13.1. The lowest BCUT2D eigenvalue weighted by atomic mass is 10.1. The van der Waals surface area contributed by atoms with Crippen molar-refractivity contribution in [3.63, 3.8) is 0 Å². The highest BCUT2D eigenvalue weighted by molar-refractivity contribution is 5.93. The lowest BCUT2D eigenvalue weighted by Crippen LogP contribution is -2.27. The normalized spacial score (nSPS) is 10.6. The van der Waals surface area contributed by atoms with E-state index < -0.39 is 5.82 Å². The lowest BCUT2D eigenvalue weighted by molar-refractivity contribution is 0.0952. The van der Waals surface area contributed by atoms with Crippen molar-refractivity contribution in [1.82, 2.24) is 9.88 Å². The number of rotatable bonds is 6. The number of aryl methyl sites for hydroxylation is 1. The first-order chi connectivity index (χ1) is 13.0. The van der Waals surface area contributed by atoms with E-state index in [0.29, 0.717) is 24.2 Å². The molecule has 0 radical (unpaired) electrons. The molecule has 4 nitrogen and oxygen atoms in total. The maximum absolute atomic E-state index is 13.1. The summed E-state index contributed by atoms with van der Waals surface area (Å²) in [6.07, 6.45) is 2.86. The summed E-state index contributed by atoms with van der Waals surface area (Å²) in [6, 6.07) is 14.5. The Bertz CT molecular complexity index is 980. The second kappa shape index (κ2) is 8.40. The van der Waals surface area contributed by atoms with Crippen molar-refractivity contribution in [3.05, 3.63) is 100.0 Å². The van der Waals surface area contributed by atoms with Gasteiger partial charge >= 0.3 is 0 Å². The van der Waals surface area contributed by atoms with E-state index in [0.717, 1.165) is 12.0 Å². The Morgan fingerprint density at radius 2 is 1.52 bits per heavy atom. The molecule has 0 saturated heterocycles. The van der Waals surface area contributed by atoms with Gasteiger partial charge in [0.2, 0.25) is 0 Å². The van der Waals surface area contributed by atoms with Crippen molar-refractivity contribution in [3.8, 4) is 5.69 Å². The molecule has 0 bridgehead atoms. The number of carbonyl (C=O) groups excluding carboxylic acids is 1. The summed E-state index contributed by atoms with van der Waals surface area (Å²) in [7, 11) is 0. The molecular weight excluding hydrogens is 350 g/mol. The number of aromatic nitrogens is 1. The maximum Gasteiger partial charge on any atom is 0.255 e. The van der Waals surface area contributed by atoms with Crippen molar-refractivity contribution in [1.29, 1.82) is 0 Å². The van der Waals surface area contributed by atoms with Gasteiger partial charge in [-0.1, -0.05) is 12.1 Å². The van der Waals surface area contributed by atoms with Gasteiger partial charge < -0.3 is 5.32 Å². The van der Waals surface area contributed by atoms with Crippen LogP contribution in [0.1, 0.15) is 22.3 Å². The molecule has 138 valence electrons. The van der Waals surface area contributed by atoms with Crippen LogP contribution in [0.25, 0.3) is 5.69 Å². The monoisotopic (exact) mass is 368 g/mol. The van der Waals surface area contributed by atoms with Gasteiger partial charge in [0.05, 0.1) is 5.56 Å². The zero-order chi connectivity index (χ0) is 19.2. The molecule has 1 amide bonds. The Hall–Kier alpha value is -3.28. The third-order valence-electron chi connectivity index (χ3n) is 4.12. The van der Waals surface area contributed by atoms with E-state index in [1.165, 1.54) is 59.3 Å². The molecule has 0 fully saturated rings. The van der Waals surface area contributed by atoms with Crippen LogP contribution in [0.4, 0.5) is 8.78 Å². The smallest absolute Gasteiger partial charge is 0.255 e. The molecule has 1 aromatic heterocycles. The minimum atomic E-state index is -0.401. The molecule has 0 saturated carbocycles. The Morgan fingerprint density at radius 1 is 0.889 bits per heavy atom. The topological polar surface area (TPSA) is 51.1 Å². The van der Waals surface area contributed by atoms with Crippen molar-refractivity contribution in [2.75, 3.05) is 6.54 Å². The SMILES string of the molecule is O=C(NCCCc1ccc(F)cc1)c1ccc(=O)n(-c2ccc(F)cc2)c1. The van der Waals surface area contributed by atoms with Gasteiger partial charge in [0.1, 0.15) is 11.6 Å². The second-order valence-corrected chi connectivity index (χ2v) is 6.09. The molecule has 0 aliphatic rings. The van der Waals surface area contributed by atoms with Gasteiger partial charge in [-0.05, 0) is 60.9 Å². The molecule has 2 aromatic carbocycles. The van der Waals surface area contributed by atoms with E-state index in [9.17, 15) is 18.4 Å². The Balaban J connectivity index is 1.61. The van der Waals surface area contributed by atoms with Crippen LogP contribution in [0.3, 0.4) is 0 Å². The van der Waals surface area contributed by atoms with E-state index in [1.807, 2.05) is 0 Å². The number of nitrogens with one attached hydrogen (secondary N) is 1.